The van der Waals surface area contributed by atoms with Gasteiger partial charge in [-0.2, -0.15) is 0 Å². The van der Waals surface area contributed by atoms with Crippen molar-refractivity contribution >= 4 is 5.69 Å². The molecule has 1 unspecified atom stereocenters. The Morgan fingerprint density at radius 1 is 1.25 bits per heavy atom. The quantitative estimate of drug-likeness (QED) is 0.867. The summed E-state index contributed by atoms with van der Waals surface area (Å²) in [5, 5.41) is 0. The number of nitrogens with two attached hydrogens (primary N) is 1. The van der Waals surface area contributed by atoms with Crippen LogP contribution in [0.15, 0.2) is 42.5 Å². The second-order valence-electron chi connectivity index (χ2n) is 5.20. The Morgan fingerprint density at radius 2 is 2.10 bits per heavy atom. The number of para-hydroxylation sites is 1. The maximum atomic E-state index is 5.93. The van der Waals surface area contributed by atoms with Gasteiger partial charge in [-0.1, -0.05) is 18.2 Å². The zero-order valence-corrected chi connectivity index (χ0v) is 11.6. The SMILES string of the molecule is Cc1cc(OCC2CCOc3ccccc32)ccc1N. The fraction of sp³-hybridized carbons (Fsp3) is 0.294. The first-order chi connectivity index (χ1) is 9.74. The second kappa shape index (κ2) is 5.45. The average Bonchev–Trinajstić information content (AvgIpc) is 2.48. The van der Waals surface area contributed by atoms with Crippen LogP contribution in [0.4, 0.5) is 5.69 Å². The van der Waals surface area contributed by atoms with Crippen LogP contribution in [0.25, 0.3) is 0 Å². The molecule has 3 nitrogen and oxygen atoms in total. The minimum atomic E-state index is 0.387. The summed E-state index contributed by atoms with van der Waals surface area (Å²) in [6, 6.07) is 14.0. The number of ether oxygens (including phenoxy) is 2. The first-order valence-electron chi connectivity index (χ1n) is 6.94. The van der Waals surface area contributed by atoms with Crippen molar-refractivity contribution < 1.29 is 9.47 Å². The van der Waals surface area contributed by atoms with E-state index in [0.29, 0.717) is 12.5 Å². The molecule has 1 atom stereocenters. The van der Waals surface area contributed by atoms with E-state index in [-0.39, 0.29) is 0 Å². The number of hydrogen-bond donors (Lipinski definition) is 1. The molecule has 0 aromatic heterocycles. The molecule has 20 heavy (non-hydrogen) atoms. The van der Waals surface area contributed by atoms with Gasteiger partial charge in [-0.15, -0.1) is 0 Å². The zero-order chi connectivity index (χ0) is 13.9. The number of aryl methyl sites for hydroxylation is 1. The summed E-state index contributed by atoms with van der Waals surface area (Å²) in [5.41, 5.74) is 8.91. The molecule has 1 aliphatic heterocycles. The molecular formula is C17H19NO2. The molecule has 1 aliphatic rings. The van der Waals surface area contributed by atoms with Crippen molar-refractivity contribution in [3.8, 4) is 11.5 Å². The Morgan fingerprint density at radius 3 is 2.95 bits per heavy atom. The van der Waals surface area contributed by atoms with Crippen LogP contribution in [0.1, 0.15) is 23.5 Å². The molecule has 0 amide bonds. The molecule has 0 fully saturated rings. The molecule has 2 N–H and O–H groups in total. The molecule has 0 aliphatic carbocycles. The normalized spacial score (nSPS) is 17.1. The van der Waals surface area contributed by atoms with Crippen molar-refractivity contribution in [2.75, 3.05) is 18.9 Å². The van der Waals surface area contributed by atoms with Crippen molar-refractivity contribution in [1.82, 2.24) is 0 Å². The van der Waals surface area contributed by atoms with Crippen molar-refractivity contribution in [2.24, 2.45) is 0 Å². The highest BCUT2D eigenvalue weighted by Crippen LogP contribution is 2.33. The predicted molar refractivity (Wildman–Crippen MR) is 80.4 cm³/mol. The predicted octanol–water partition coefficient (Wildman–Crippen LogP) is 3.52. The van der Waals surface area contributed by atoms with Crippen molar-refractivity contribution in [1.29, 1.82) is 0 Å². The van der Waals surface area contributed by atoms with Crippen LogP contribution < -0.4 is 15.2 Å². The van der Waals surface area contributed by atoms with Gasteiger partial charge in [0.25, 0.3) is 0 Å². The largest absolute Gasteiger partial charge is 0.493 e. The lowest BCUT2D eigenvalue weighted by molar-refractivity contribution is 0.217. The van der Waals surface area contributed by atoms with E-state index in [2.05, 4.69) is 6.07 Å². The molecule has 0 saturated carbocycles. The van der Waals surface area contributed by atoms with Crippen molar-refractivity contribution in [2.45, 2.75) is 19.3 Å². The van der Waals surface area contributed by atoms with Crippen LogP contribution in [0, 0.1) is 6.92 Å². The number of fused-ring (bicyclic) bond motifs is 1. The Hall–Kier alpha value is -2.16. The Labute approximate surface area is 119 Å². The summed E-state index contributed by atoms with van der Waals surface area (Å²) in [6.45, 7) is 3.42. The van der Waals surface area contributed by atoms with Crippen molar-refractivity contribution in [3.63, 3.8) is 0 Å². The molecule has 2 aromatic rings. The van der Waals surface area contributed by atoms with Crippen LogP contribution in [0.2, 0.25) is 0 Å². The number of hydrogen-bond acceptors (Lipinski definition) is 3. The molecule has 3 heteroatoms. The number of benzene rings is 2. The summed E-state index contributed by atoms with van der Waals surface area (Å²) >= 11 is 0. The highest BCUT2D eigenvalue weighted by atomic mass is 16.5. The lowest BCUT2D eigenvalue weighted by atomic mass is 9.94. The topological polar surface area (TPSA) is 44.5 Å². The standard InChI is InChI=1S/C17H19NO2/c1-12-10-14(6-7-16(12)18)20-11-13-8-9-19-17-5-3-2-4-15(13)17/h2-7,10,13H,8-9,11,18H2,1H3. The van der Waals surface area contributed by atoms with E-state index in [0.717, 1.165) is 35.8 Å². The summed E-state index contributed by atoms with van der Waals surface area (Å²) in [7, 11) is 0. The Bertz CT molecular complexity index is 610. The van der Waals surface area contributed by atoms with Gasteiger partial charge >= 0.3 is 0 Å². The number of anilines is 1. The number of rotatable bonds is 3. The maximum absolute atomic E-state index is 5.93. The van der Waals surface area contributed by atoms with Gasteiger partial charge in [-0.25, -0.2) is 0 Å². The highest BCUT2D eigenvalue weighted by Gasteiger charge is 2.21. The molecular weight excluding hydrogens is 250 g/mol. The van der Waals surface area contributed by atoms with Crippen LogP contribution in [-0.2, 0) is 0 Å². The molecule has 1 heterocycles. The molecule has 0 radical (unpaired) electrons. The summed E-state index contributed by atoms with van der Waals surface area (Å²) in [5.74, 6) is 2.25. The molecule has 0 bridgehead atoms. The van der Waals surface area contributed by atoms with Gasteiger partial charge < -0.3 is 15.2 Å². The molecule has 2 aromatic carbocycles. The van der Waals surface area contributed by atoms with Gasteiger partial charge in [-0.05, 0) is 43.2 Å². The highest BCUT2D eigenvalue weighted by molar-refractivity contribution is 5.49. The smallest absolute Gasteiger partial charge is 0.122 e. The van der Waals surface area contributed by atoms with Gasteiger partial charge in [0.15, 0.2) is 0 Å². The van der Waals surface area contributed by atoms with Gasteiger partial charge in [0.2, 0.25) is 0 Å². The van der Waals surface area contributed by atoms with E-state index in [9.17, 15) is 0 Å². The summed E-state index contributed by atoms with van der Waals surface area (Å²) in [4.78, 5) is 0. The van der Waals surface area contributed by atoms with Gasteiger partial charge in [0, 0.05) is 17.2 Å². The maximum Gasteiger partial charge on any atom is 0.122 e. The van der Waals surface area contributed by atoms with Crippen LogP contribution in [-0.4, -0.2) is 13.2 Å². The van der Waals surface area contributed by atoms with E-state index in [1.54, 1.807) is 0 Å². The lowest BCUT2D eigenvalue weighted by Crippen LogP contribution is -2.19. The van der Waals surface area contributed by atoms with Gasteiger partial charge in [-0.3, -0.25) is 0 Å². The Balaban J connectivity index is 1.71. The van der Waals surface area contributed by atoms with E-state index in [4.69, 9.17) is 15.2 Å². The summed E-state index contributed by atoms with van der Waals surface area (Å²) < 4.78 is 11.6. The third-order valence-electron chi connectivity index (χ3n) is 3.78. The Kier molecular flexibility index (Phi) is 3.50. The summed E-state index contributed by atoms with van der Waals surface area (Å²) in [6.07, 6.45) is 0.991. The minimum Gasteiger partial charge on any atom is -0.493 e. The van der Waals surface area contributed by atoms with Crippen LogP contribution in [0.3, 0.4) is 0 Å². The fourth-order valence-corrected chi connectivity index (χ4v) is 2.52. The monoisotopic (exact) mass is 269 g/mol. The molecule has 104 valence electrons. The third kappa shape index (κ3) is 2.57. The van der Waals surface area contributed by atoms with Gasteiger partial charge in [0.05, 0.1) is 13.2 Å². The van der Waals surface area contributed by atoms with E-state index >= 15 is 0 Å². The molecule has 0 saturated heterocycles. The second-order valence-corrected chi connectivity index (χ2v) is 5.20. The van der Waals surface area contributed by atoms with Crippen LogP contribution >= 0.6 is 0 Å². The molecule has 3 rings (SSSR count). The third-order valence-corrected chi connectivity index (χ3v) is 3.78. The fourth-order valence-electron chi connectivity index (χ4n) is 2.52. The zero-order valence-electron chi connectivity index (χ0n) is 11.6. The van der Waals surface area contributed by atoms with E-state index in [1.807, 2.05) is 43.3 Å². The lowest BCUT2D eigenvalue weighted by Gasteiger charge is -2.25. The minimum absolute atomic E-state index is 0.387. The van der Waals surface area contributed by atoms with Crippen LogP contribution in [0.5, 0.6) is 11.5 Å². The average molecular weight is 269 g/mol. The first-order valence-corrected chi connectivity index (χ1v) is 6.94. The van der Waals surface area contributed by atoms with E-state index in [1.165, 1.54) is 5.56 Å². The van der Waals surface area contributed by atoms with Gasteiger partial charge in [0.1, 0.15) is 11.5 Å². The number of nitrogen functional groups attached to an aromatic ring is 1. The molecule has 0 spiro atoms. The van der Waals surface area contributed by atoms with Crippen molar-refractivity contribution in [3.05, 3.63) is 53.6 Å². The van der Waals surface area contributed by atoms with E-state index < -0.39 is 0 Å². The first kappa shape index (κ1) is 12.9.